The van der Waals surface area contributed by atoms with Gasteiger partial charge in [0.15, 0.2) is 0 Å². The van der Waals surface area contributed by atoms with E-state index in [1.165, 1.54) is 0 Å². The fourth-order valence-electron chi connectivity index (χ4n) is 2.43. The second kappa shape index (κ2) is 6.27. The molecular formula is C16H19N3O3. The largest absolute Gasteiger partial charge is 0.370 e. The van der Waals surface area contributed by atoms with Crippen LogP contribution in [0.3, 0.4) is 0 Å². The Labute approximate surface area is 129 Å². The van der Waals surface area contributed by atoms with Crippen LogP contribution in [0.1, 0.15) is 47.7 Å². The van der Waals surface area contributed by atoms with Gasteiger partial charge in [-0.3, -0.25) is 9.78 Å². The number of nitrogens with zero attached hydrogens (tertiary/aromatic N) is 3. The molecule has 0 aromatic carbocycles. The van der Waals surface area contributed by atoms with Gasteiger partial charge >= 0.3 is 0 Å². The molecule has 0 N–H and O–H groups in total. The number of aromatic nitrogens is 2. The molecule has 1 amide bonds. The van der Waals surface area contributed by atoms with Gasteiger partial charge in [-0.15, -0.1) is 0 Å². The number of carbonyl (C=O) groups excluding carboxylic acids is 1. The molecule has 0 saturated carbocycles. The number of hydrogen-bond donors (Lipinski definition) is 0. The van der Waals surface area contributed by atoms with E-state index in [0.29, 0.717) is 25.5 Å². The molecule has 0 bridgehead atoms. The standard InChI is InChI=1S/C16H19N3O3/c1-11(2)13-9-14(22-18-13)16(20)19-7-8-21-15(10-19)12-3-5-17-6-4-12/h3-6,9,11,15H,7-8,10H2,1-2H3/t15-/m0/s1. The monoisotopic (exact) mass is 301 g/mol. The summed E-state index contributed by atoms with van der Waals surface area (Å²) < 4.78 is 10.9. The lowest BCUT2D eigenvalue weighted by Gasteiger charge is -2.32. The van der Waals surface area contributed by atoms with Crippen LogP contribution in [0, 0.1) is 0 Å². The van der Waals surface area contributed by atoms with Gasteiger partial charge in [0.1, 0.15) is 6.10 Å². The number of carbonyl (C=O) groups is 1. The summed E-state index contributed by atoms with van der Waals surface area (Å²) in [6.07, 6.45) is 3.32. The Morgan fingerprint density at radius 1 is 1.36 bits per heavy atom. The Balaban J connectivity index is 1.72. The Bertz CT molecular complexity index is 639. The number of pyridine rings is 1. The SMILES string of the molecule is CC(C)c1cc(C(=O)N2CCO[C@H](c3ccncc3)C2)on1. The van der Waals surface area contributed by atoms with E-state index >= 15 is 0 Å². The Hall–Kier alpha value is -2.21. The maximum atomic E-state index is 12.5. The third-order valence-electron chi connectivity index (χ3n) is 3.76. The molecule has 3 heterocycles. The van der Waals surface area contributed by atoms with Gasteiger partial charge in [0.2, 0.25) is 5.76 Å². The van der Waals surface area contributed by atoms with E-state index in [0.717, 1.165) is 11.3 Å². The summed E-state index contributed by atoms with van der Waals surface area (Å²) in [5.41, 5.74) is 1.82. The number of ether oxygens (including phenoxy) is 1. The number of morpholine rings is 1. The van der Waals surface area contributed by atoms with Crippen LogP contribution in [0.4, 0.5) is 0 Å². The minimum Gasteiger partial charge on any atom is -0.370 e. The molecule has 2 aromatic rings. The van der Waals surface area contributed by atoms with Crippen LogP contribution in [0.2, 0.25) is 0 Å². The summed E-state index contributed by atoms with van der Waals surface area (Å²) in [6, 6.07) is 5.54. The Morgan fingerprint density at radius 2 is 2.14 bits per heavy atom. The molecule has 2 aromatic heterocycles. The predicted octanol–water partition coefficient (Wildman–Crippen LogP) is 2.41. The highest BCUT2D eigenvalue weighted by atomic mass is 16.5. The first kappa shape index (κ1) is 14.7. The molecular weight excluding hydrogens is 282 g/mol. The van der Waals surface area contributed by atoms with E-state index in [2.05, 4.69) is 10.1 Å². The number of amides is 1. The van der Waals surface area contributed by atoms with Gasteiger partial charge in [-0.1, -0.05) is 19.0 Å². The van der Waals surface area contributed by atoms with Crippen molar-refractivity contribution in [2.45, 2.75) is 25.9 Å². The van der Waals surface area contributed by atoms with Gasteiger partial charge in [-0.2, -0.15) is 0 Å². The first-order valence-electron chi connectivity index (χ1n) is 7.42. The molecule has 6 nitrogen and oxygen atoms in total. The van der Waals surface area contributed by atoms with Gasteiger partial charge in [-0.05, 0) is 23.6 Å². The maximum Gasteiger partial charge on any atom is 0.292 e. The quantitative estimate of drug-likeness (QED) is 0.870. The average molecular weight is 301 g/mol. The van der Waals surface area contributed by atoms with Crippen molar-refractivity contribution in [3.63, 3.8) is 0 Å². The second-order valence-electron chi connectivity index (χ2n) is 5.66. The second-order valence-corrected chi connectivity index (χ2v) is 5.66. The molecule has 1 fully saturated rings. The van der Waals surface area contributed by atoms with Gasteiger partial charge in [0.05, 0.1) is 18.8 Å². The average Bonchev–Trinajstić information content (AvgIpc) is 3.05. The summed E-state index contributed by atoms with van der Waals surface area (Å²) in [6.45, 7) is 5.59. The van der Waals surface area contributed by atoms with Crippen molar-refractivity contribution in [1.29, 1.82) is 0 Å². The maximum absolute atomic E-state index is 12.5. The highest BCUT2D eigenvalue weighted by Gasteiger charge is 2.28. The highest BCUT2D eigenvalue weighted by Crippen LogP contribution is 2.23. The Kier molecular flexibility index (Phi) is 4.20. The van der Waals surface area contributed by atoms with E-state index < -0.39 is 0 Å². The van der Waals surface area contributed by atoms with Crippen LogP contribution in [-0.4, -0.2) is 40.6 Å². The summed E-state index contributed by atoms with van der Waals surface area (Å²) in [5, 5.41) is 3.95. The first-order valence-corrected chi connectivity index (χ1v) is 7.42. The van der Waals surface area contributed by atoms with Crippen molar-refractivity contribution < 1.29 is 14.1 Å². The molecule has 1 saturated heterocycles. The molecule has 0 unspecified atom stereocenters. The smallest absolute Gasteiger partial charge is 0.292 e. The van der Waals surface area contributed by atoms with Crippen LogP contribution in [0.15, 0.2) is 35.1 Å². The lowest BCUT2D eigenvalue weighted by atomic mass is 10.1. The molecule has 0 spiro atoms. The van der Waals surface area contributed by atoms with E-state index in [9.17, 15) is 4.79 Å². The van der Waals surface area contributed by atoms with Crippen LogP contribution in [0.5, 0.6) is 0 Å². The third-order valence-corrected chi connectivity index (χ3v) is 3.76. The predicted molar refractivity (Wildman–Crippen MR) is 79.4 cm³/mol. The van der Waals surface area contributed by atoms with Crippen molar-refractivity contribution in [2.24, 2.45) is 0 Å². The van der Waals surface area contributed by atoms with Gasteiger partial charge < -0.3 is 14.2 Å². The van der Waals surface area contributed by atoms with Gasteiger partial charge in [0, 0.05) is 25.0 Å². The van der Waals surface area contributed by atoms with E-state index in [4.69, 9.17) is 9.26 Å². The zero-order valence-corrected chi connectivity index (χ0v) is 12.7. The topological polar surface area (TPSA) is 68.5 Å². The molecule has 22 heavy (non-hydrogen) atoms. The van der Waals surface area contributed by atoms with Crippen LogP contribution in [0.25, 0.3) is 0 Å². The van der Waals surface area contributed by atoms with Gasteiger partial charge in [0.25, 0.3) is 5.91 Å². The molecule has 0 aliphatic carbocycles. The van der Waals surface area contributed by atoms with Crippen molar-refractivity contribution in [3.8, 4) is 0 Å². The normalized spacial score (nSPS) is 18.7. The lowest BCUT2D eigenvalue weighted by Crippen LogP contribution is -2.42. The highest BCUT2D eigenvalue weighted by molar-refractivity contribution is 5.91. The van der Waals surface area contributed by atoms with Crippen molar-refractivity contribution in [1.82, 2.24) is 15.0 Å². The first-order chi connectivity index (χ1) is 10.6. The lowest BCUT2D eigenvalue weighted by molar-refractivity contribution is -0.0240. The third kappa shape index (κ3) is 3.01. The van der Waals surface area contributed by atoms with Crippen molar-refractivity contribution in [3.05, 3.63) is 47.6 Å². The molecule has 6 heteroatoms. The number of hydrogen-bond acceptors (Lipinski definition) is 5. The Morgan fingerprint density at radius 3 is 2.82 bits per heavy atom. The van der Waals surface area contributed by atoms with E-state index in [-0.39, 0.29) is 17.9 Å². The fraction of sp³-hybridized carbons (Fsp3) is 0.438. The van der Waals surface area contributed by atoms with Crippen molar-refractivity contribution >= 4 is 5.91 Å². The zero-order chi connectivity index (χ0) is 15.5. The molecule has 1 aliphatic rings. The summed E-state index contributed by atoms with van der Waals surface area (Å²) in [7, 11) is 0. The van der Waals surface area contributed by atoms with E-state index in [1.807, 2.05) is 26.0 Å². The summed E-state index contributed by atoms with van der Waals surface area (Å²) in [4.78, 5) is 18.3. The summed E-state index contributed by atoms with van der Waals surface area (Å²) in [5.74, 6) is 0.389. The molecule has 1 aliphatic heterocycles. The van der Waals surface area contributed by atoms with E-state index in [1.54, 1.807) is 23.4 Å². The zero-order valence-electron chi connectivity index (χ0n) is 12.7. The number of rotatable bonds is 3. The van der Waals surface area contributed by atoms with Crippen LogP contribution < -0.4 is 0 Å². The van der Waals surface area contributed by atoms with Gasteiger partial charge in [-0.25, -0.2) is 0 Å². The molecule has 0 radical (unpaired) electrons. The van der Waals surface area contributed by atoms with Crippen LogP contribution in [-0.2, 0) is 4.74 Å². The minimum absolute atomic E-state index is 0.131. The van der Waals surface area contributed by atoms with Crippen LogP contribution >= 0.6 is 0 Å². The fourth-order valence-corrected chi connectivity index (χ4v) is 2.43. The summed E-state index contributed by atoms with van der Waals surface area (Å²) >= 11 is 0. The molecule has 1 atom stereocenters. The molecule has 3 rings (SSSR count). The van der Waals surface area contributed by atoms with Crippen molar-refractivity contribution in [2.75, 3.05) is 19.7 Å². The molecule has 116 valence electrons. The minimum atomic E-state index is -0.137.